The van der Waals surface area contributed by atoms with Crippen molar-refractivity contribution in [3.8, 4) is 0 Å². The number of aliphatic hydroxyl groups excluding tert-OH is 1. The van der Waals surface area contributed by atoms with E-state index in [1.54, 1.807) is 12.1 Å². The minimum atomic E-state index is -0.648. The van der Waals surface area contributed by atoms with E-state index in [2.05, 4.69) is 4.98 Å². The summed E-state index contributed by atoms with van der Waals surface area (Å²) in [5, 5.41) is 12.5. The third kappa shape index (κ3) is 6.08. The van der Waals surface area contributed by atoms with Gasteiger partial charge in [0.05, 0.1) is 30.0 Å². The number of hydrogen-bond donors (Lipinski definition) is 1. The third-order valence-corrected chi connectivity index (χ3v) is 5.76. The van der Waals surface area contributed by atoms with Gasteiger partial charge in [0.25, 0.3) is 0 Å². The first-order valence-corrected chi connectivity index (χ1v) is 11.1. The van der Waals surface area contributed by atoms with E-state index >= 15 is 0 Å². The number of methoxy groups -OCH3 is 1. The van der Waals surface area contributed by atoms with Crippen molar-refractivity contribution in [3.05, 3.63) is 112 Å². The van der Waals surface area contributed by atoms with Crippen LogP contribution in [-0.4, -0.2) is 28.6 Å². The van der Waals surface area contributed by atoms with E-state index in [1.807, 2.05) is 78.9 Å². The first-order valence-electron chi connectivity index (χ1n) is 10.7. The van der Waals surface area contributed by atoms with Gasteiger partial charge in [0.15, 0.2) is 0 Å². The second kappa shape index (κ2) is 11.6. The number of aryl methyl sites for hydroxylation is 1. The van der Waals surface area contributed by atoms with Crippen molar-refractivity contribution in [2.45, 2.75) is 18.9 Å². The maximum atomic E-state index is 12.0. The Bertz CT molecular complexity index is 1320. The quantitative estimate of drug-likeness (QED) is 0.348. The molecular formula is C28H26ClNO4. The van der Waals surface area contributed by atoms with Gasteiger partial charge in [-0.25, -0.2) is 9.78 Å². The van der Waals surface area contributed by atoms with Gasteiger partial charge in [-0.3, -0.25) is 0 Å². The Kier molecular flexibility index (Phi) is 8.55. The molecule has 3 N–H and O–H groups in total. The summed E-state index contributed by atoms with van der Waals surface area (Å²) in [5.74, 6) is -0.364. The Hall–Kier alpha value is -3.51. The van der Waals surface area contributed by atoms with E-state index in [4.69, 9.17) is 16.3 Å². The molecule has 174 valence electrons. The average Bonchev–Trinajstić information content (AvgIpc) is 2.85. The molecular weight excluding hydrogens is 450 g/mol. The topological polar surface area (TPSA) is 90.9 Å². The zero-order valence-electron chi connectivity index (χ0n) is 18.7. The van der Waals surface area contributed by atoms with E-state index in [9.17, 15) is 9.90 Å². The van der Waals surface area contributed by atoms with Crippen molar-refractivity contribution in [1.29, 1.82) is 0 Å². The molecule has 0 saturated carbocycles. The first-order chi connectivity index (χ1) is 16.0. The van der Waals surface area contributed by atoms with Gasteiger partial charge in [0.2, 0.25) is 0 Å². The molecule has 1 aromatic heterocycles. The average molecular weight is 476 g/mol. The van der Waals surface area contributed by atoms with E-state index < -0.39 is 6.10 Å². The highest BCUT2D eigenvalue weighted by Crippen LogP contribution is 2.23. The largest absolute Gasteiger partial charge is 0.465 e. The number of pyridine rings is 1. The zero-order chi connectivity index (χ0) is 23.2. The van der Waals surface area contributed by atoms with Crippen molar-refractivity contribution in [1.82, 2.24) is 4.98 Å². The minimum absolute atomic E-state index is 0. The number of fused-ring (bicyclic) bond motifs is 1. The van der Waals surface area contributed by atoms with Gasteiger partial charge in [0, 0.05) is 10.4 Å². The summed E-state index contributed by atoms with van der Waals surface area (Å²) >= 11 is 6.08. The number of esters is 1. The van der Waals surface area contributed by atoms with Gasteiger partial charge in [-0.15, -0.1) is 0 Å². The van der Waals surface area contributed by atoms with Gasteiger partial charge in [0.1, 0.15) is 0 Å². The molecule has 0 fully saturated rings. The van der Waals surface area contributed by atoms with Gasteiger partial charge < -0.3 is 15.3 Å². The lowest BCUT2D eigenvalue weighted by Gasteiger charge is -2.13. The molecule has 0 amide bonds. The summed E-state index contributed by atoms with van der Waals surface area (Å²) in [6, 6.07) is 24.7. The molecule has 3 aromatic carbocycles. The predicted molar refractivity (Wildman–Crippen MR) is 137 cm³/mol. The fourth-order valence-corrected chi connectivity index (χ4v) is 3.92. The lowest BCUT2D eigenvalue weighted by Crippen LogP contribution is -2.07. The number of rotatable bonds is 7. The molecule has 1 heterocycles. The van der Waals surface area contributed by atoms with Crippen molar-refractivity contribution < 1.29 is 20.1 Å². The van der Waals surface area contributed by atoms with Crippen molar-refractivity contribution in [2.24, 2.45) is 0 Å². The molecule has 5 nitrogen and oxygen atoms in total. The summed E-state index contributed by atoms with van der Waals surface area (Å²) in [7, 11) is 1.37. The highest BCUT2D eigenvalue weighted by molar-refractivity contribution is 6.31. The SMILES string of the molecule is COC(=O)c1ccccc1CCC(O)c1cccc(C=Cc2ccc3ccc(Cl)cc3n2)c1.O. The Morgan fingerprint density at radius 3 is 2.65 bits per heavy atom. The van der Waals surface area contributed by atoms with Crippen LogP contribution >= 0.6 is 11.6 Å². The molecule has 1 atom stereocenters. The second-order valence-corrected chi connectivity index (χ2v) is 8.22. The number of hydrogen-bond acceptors (Lipinski definition) is 4. The van der Waals surface area contributed by atoms with Crippen molar-refractivity contribution in [3.63, 3.8) is 0 Å². The number of nitrogens with zero attached hydrogens (tertiary/aromatic N) is 1. The summed E-state index contributed by atoms with van der Waals surface area (Å²) in [5.41, 5.74) is 4.87. The van der Waals surface area contributed by atoms with Crippen LogP contribution in [0.5, 0.6) is 0 Å². The number of carbonyl (C=O) groups is 1. The number of halogens is 1. The van der Waals surface area contributed by atoms with Gasteiger partial charge in [-0.2, -0.15) is 0 Å². The number of benzene rings is 3. The smallest absolute Gasteiger partial charge is 0.338 e. The molecule has 0 aliphatic heterocycles. The highest BCUT2D eigenvalue weighted by atomic mass is 35.5. The standard InChI is InChI=1S/C28H24ClNO3.H2O/c1-33-28(32)25-8-3-2-6-20(25)12-16-27(31)22-7-4-5-19(17-22)9-14-24-15-11-21-10-13-23(29)18-26(21)30-24;/h2-11,13-15,17-18,27,31H,12,16H2,1H3;1H2. The maximum absolute atomic E-state index is 12.0. The van der Waals surface area contributed by atoms with Gasteiger partial charge >= 0.3 is 5.97 Å². The van der Waals surface area contributed by atoms with Crippen LogP contribution in [0.3, 0.4) is 0 Å². The van der Waals surface area contributed by atoms with Crippen LogP contribution in [-0.2, 0) is 11.2 Å². The number of aromatic nitrogens is 1. The van der Waals surface area contributed by atoms with Crippen LogP contribution < -0.4 is 0 Å². The van der Waals surface area contributed by atoms with Crippen LogP contribution in [0.25, 0.3) is 23.1 Å². The Balaban J connectivity index is 0.00000324. The Morgan fingerprint density at radius 1 is 1.03 bits per heavy atom. The third-order valence-electron chi connectivity index (χ3n) is 5.53. The minimum Gasteiger partial charge on any atom is -0.465 e. The fourth-order valence-electron chi connectivity index (χ4n) is 3.76. The van der Waals surface area contributed by atoms with E-state index in [0.717, 1.165) is 33.3 Å². The molecule has 1 unspecified atom stereocenters. The lowest BCUT2D eigenvalue weighted by molar-refractivity contribution is 0.0599. The number of ether oxygens (including phenoxy) is 1. The normalized spacial score (nSPS) is 11.9. The number of aliphatic hydroxyl groups is 1. The molecule has 6 heteroatoms. The van der Waals surface area contributed by atoms with E-state index in [0.29, 0.717) is 23.4 Å². The Labute approximate surface area is 203 Å². The zero-order valence-corrected chi connectivity index (χ0v) is 19.5. The van der Waals surface area contributed by atoms with Gasteiger partial charge in [-0.05, 0) is 65.9 Å². The number of carbonyl (C=O) groups excluding carboxylic acids is 1. The van der Waals surface area contributed by atoms with Crippen LogP contribution in [0.4, 0.5) is 0 Å². The molecule has 0 saturated heterocycles. The summed E-state index contributed by atoms with van der Waals surface area (Å²) in [6.07, 6.45) is 4.33. The van der Waals surface area contributed by atoms with Crippen LogP contribution in [0.1, 0.15) is 45.3 Å². The van der Waals surface area contributed by atoms with Crippen LogP contribution in [0.2, 0.25) is 5.02 Å². The molecule has 34 heavy (non-hydrogen) atoms. The summed E-state index contributed by atoms with van der Waals surface area (Å²) in [6.45, 7) is 0. The maximum Gasteiger partial charge on any atom is 0.338 e. The summed E-state index contributed by atoms with van der Waals surface area (Å²) in [4.78, 5) is 16.6. The second-order valence-electron chi connectivity index (χ2n) is 7.78. The van der Waals surface area contributed by atoms with Crippen LogP contribution in [0.15, 0.2) is 78.9 Å². The fraction of sp³-hybridized carbons (Fsp3) is 0.143. The van der Waals surface area contributed by atoms with E-state index in [1.165, 1.54) is 7.11 Å². The first kappa shape index (κ1) is 25.1. The summed E-state index contributed by atoms with van der Waals surface area (Å²) < 4.78 is 4.86. The molecule has 0 radical (unpaired) electrons. The predicted octanol–water partition coefficient (Wildman–Crippen LogP) is 5.69. The van der Waals surface area contributed by atoms with E-state index in [-0.39, 0.29) is 11.4 Å². The highest BCUT2D eigenvalue weighted by Gasteiger charge is 2.14. The molecule has 0 bridgehead atoms. The van der Waals surface area contributed by atoms with Crippen LogP contribution in [0, 0.1) is 0 Å². The molecule has 0 aliphatic carbocycles. The molecule has 4 aromatic rings. The molecule has 4 rings (SSSR count). The lowest BCUT2D eigenvalue weighted by atomic mass is 9.97. The molecule has 0 spiro atoms. The van der Waals surface area contributed by atoms with Gasteiger partial charge in [-0.1, -0.05) is 66.2 Å². The van der Waals surface area contributed by atoms with Crippen molar-refractivity contribution >= 4 is 40.6 Å². The molecule has 0 aliphatic rings. The van der Waals surface area contributed by atoms with Crippen molar-refractivity contribution in [2.75, 3.05) is 7.11 Å². The Morgan fingerprint density at radius 2 is 1.82 bits per heavy atom. The monoisotopic (exact) mass is 475 g/mol.